The summed E-state index contributed by atoms with van der Waals surface area (Å²) in [6, 6.07) is 16.1. The number of carbonyl (C=O) groups is 1. The van der Waals surface area contributed by atoms with Gasteiger partial charge in [-0.3, -0.25) is 4.79 Å². The third kappa shape index (κ3) is 4.43. The number of sulfone groups is 1. The van der Waals surface area contributed by atoms with Crippen molar-refractivity contribution >= 4 is 21.4 Å². The summed E-state index contributed by atoms with van der Waals surface area (Å²) in [5.74, 6) is -0.0405. The third-order valence-electron chi connectivity index (χ3n) is 3.41. The molecule has 0 aliphatic heterocycles. The smallest absolute Gasteiger partial charge is 0.224 e. The second kappa shape index (κ2) is 6.75. The van der Waals surface area contributed by atoms with Gasteiger partial charge in [0.1, 0.15) is 0 Å². The molecule has 116 valence electrons. The van der Waals surface area contributed by atoms with Crippen molar-refractivity contribution < 1.29 is 13.2 Å². The SMILES string of the molecule is CC(CC(=O)Nc1cccc(S(C)(=O)=O)c1)c1ccccc1. The summed E-state index contributed by atoms with van der Waals surface area (Å²) in [6.45, 7) is 1.99. The number of amides is 1. The standard InChI is InChI=1S/C17H19NO3S/c1-13(14-7-4-3-5-8-14)11-17(19)18-15-9-6-10-16(12-15)22(2,20)21/h3-10,12-13H,11H2,1-2H3,(H,18,19). The van der Waals surface area contributed by atoms with Gasteiger partial charge >= 0.3 is 0 Å². The van der Waals surface area contributed by atoms with Crippen molar-refractivity contribution in [2.45, 2.75) is 24.2 Å². The van der Waals surface area contributed by atoms with Gasteiger partial charge in [-0.15, -0.1) is 0 Å². The van der Waals surface area contributed by atoms with Crippen LogP contribution < -0.4 is 5.32 Å². The van der Waals surface area contributed by atoms with Gasteiger partial charge in [-0.2, -0.15) is 0 Å². The number of rotatable bonds is 5. The van der Waals surface area contributed by atoms with Crippen molar-refractivity contribution in [3.63, 3.8) is 0 Å². The van der Waals surface area contributed by atoms with Gasteiger partial charge in [0.25, 0.3) is 0 Å². The van der Waals surface area contributed by atoms with Crippen molar-refractivity contribution in [2.75, 3.05) is 11.6 Å². The molecule has 0 radical (unpaired) electrons. The molecule has 0 spiro atoms. The molecule has 0 aromatic heterocycles. The van der Waals surface area contributed by atoms with Gasteiger partial charge in [0, 0.05) is 18.4 Å². The van der Waals surface area contributed by atoms with Crippen LogP contribution in [0.25, 0.3) is 0 Å². The molecule has 0 saturated heterocycles. The topological polar surface area (TPSA) is 63.2 Å². The van der Waals surface area contributed by atoms with Gasteiger partial charge < -0.3 is 5.32 Å². The Morgan fingerprint density at radius 2 is 1.77 bits per heavy atom. The van der Waals surface area contributed by atoms with E-state index < -0.39 is 9.84 Å². The minimum atomic E-state index is -3.28. The fraction of sp³-hybridized carbons (Fsp3) is 0.235. The van der Waals surface area contributed by atoms with Gasteiger partial charge in [0.15, 0.2) is 9.84 Å². The molecular weight excluding hydrogens is 298 g/mol. The normalized spacial score (nSPS) is 12.6. The molecule has 1 amide bonds. The fourth-order valence-electron chi connectivity index (χ4n) is 2.19. The lowest BCUT2D eigenvalue weighted by Gasteiger charge is -2.12. The predicted octanol–water partition coefficient (Wildman–Crippen LogP) is 3.22. The largest absolute Gasteiger partial charge is 0.326 e. The van der Waals surface area contributed by atoms with E-state index in [0.717, 1.165) is 11.8 Å². The summed E-state index contributed by atoms with van der Waals surface area (Å²) < 4.78 is 23.0. The van der Waals surface area contributed by atoms with E-state index in [1.165, 1.54) is 12.1 Å². The zero-order valence-electron chi connectivity index (χ0n) is 12.6. The van der Waals surface area contributed by atoms with Crippen molar-refractivity contribution in [1.29, 1.82) is 0 Å². The molecule has 2 aromatic rings. The van der Waals surface area contributed by atoms with E-state index in [0.29, 0.717) is 12.1 Å². The lowest BCUT2D eigenvalue weighted by molar-refractivity contribution is -0.116. The fourth-order valence-corrected chi connectivity index (χ4v) is 2.86. The van der Waals surface area contributed by atoms with Crippen LogP contribution in [-0.2, 0) is 14.6 Å². The van der Waals surface area contributed by atoms with Crippen LogP contribution in [0.3, 0.4) is 0 Å². The second-order valence-electron chi connectivity index (χ2n) is 5.36. The molecule has 0 fully saturated rings. The van der Waals surface area contributed by atoms with Gasteiger partial charge in [-0.1, -0.05) is 43.3 Å². The minimum absolute atomic E-state index is 0.0966. The molecule has 1 N–H and O–H groups in total. The highest BCUT2D eigenvalue weighted by Gasteiger charge is 2.12. The molecule has 0 aliphatic carbocycles. The van der Waals surface area contributed by atoms with E-state index in [1.54, 1.807) is 12.1 Å². The van der Waals surface area contributed by atoms with Gasteiger partial charge in [-0.05, 0) is 29.7 Å². The number of anilines is 1. The Morgan fingerprint density at radius 3 is 2.41 bits per heavy atom. The zero-order valence-corrected chi connectivity index (χ0v) is 13.4. The molecule has 5 heteroatoms. The Balaban J connectivity index is 2.04. The maximum absolute atomic E-state index is 12.1. The Bertz CT molecular complexity index is 754. The third-order valence-corrected chi connectivity index (χ3v) is 4.52. The number of hydrogen-bond donors (Lipinski definition) is 1. The van der Waals surface area contributed by atoms with E-state index in [-0.39, 0.29) is 16.7 Å². The summed E-state index contributed by atoms with van der Waals surface area (Å²) in [6.07, 6.45) is 1.48. The number of benzene rings is 2. The summed E-state index contributed by atoms with van der Waals surface area (Å²) in [5, 5.41) is 2.75. The van der Waals surface area contributed by atoms with Crippen molar-refractivity contribution in [3.8, 4) is 0 Å². The summed E-state index contributed by atoms with van der Waals surface area (Å²) in [4.78, 5) is 12.3. The van der Waals surface area contributed by atoms with Gasteiger partial charge in [0.2, 0.25) is 5.91 Å². The van der Waals surface area contributed by atoms with Crippen LogP contribution in [0.1, 0.15) is 24.8 Å². The first-order valence-electron chi connectivity index (χ1n) is 7.01. The molecule has 1 unspecified atom stereocenters. The molecule has 2 rings (SSSR count). The lowest BCUT2D eigenvalue weighted by atomic mass is 9.97. The number of hydrogen-bond acceptors (Lipinski definition) is 3. The van der Waals surface area contributed by atoms with Crippen LogP contribution >= 0.6 is 0 Å². The van der Waals surface area contributed by atoms with E-state index in [2.05, 4.69) is 5.32 Å². The van der Waals surface area contributed by atoms with E-state index in [1.807, 2.05) is 37.3 Å². The van der Waals surface area contributed by atoms with Crippen LogP contribution in [0.5, 0.6) is 0 Å². The van der Waals surface area contributed by atoms with Gasteiger partial charge in [0.05, 0.1) is 4.90 Å². The molecule has 22 heavy (non-hydrogen) atoms. The zero-order chi connectivity index (χ0) is 16.2. The first-order valence-corrected chi connectivity index (χ1v) is 8.90. The van der Waals surface area contributed by atoms with Crippen LogP contribution in [-0.4, -0.2) is 20.6 Å². The Hall–Kier alpha value is -2.14. The molecule has 0 heterocycles. The minimum Gasteiger partial charge on any atom is -0.326 e. The summed E-state index contributed by atoms with van der Waals surface area (Å²) >= 11 is 0. The summed E-state index contributed by atoms with van der Waals surface area (Å²) in [5.41, 5.74) is 1.59. The molecule has 2 aromatic carbocycles. The van der Waals surface area contributed by atoms with E-state index in [4.69, 9.17) is 0 Å². The highest BCUT2D eigenvalue weighted by Crippen LogP contribution is 2.20. The Kier molecular flexibility index (Phi) is 4.98. The number of nitrogens with one attached hydrogen (secondary N) is 1. The lowest BCUT2D eigenvalue weighted by Crippen LogP contribution is -2.14. The van der Waals surface area contributed by atoms with Crippen LogP contribution in [0, 0.1) is 0 Å². The van der Waals surface area contributed by atoms with Gasteiger partial charge in [-0.25, -0.2) is 8.42 Å². The maximum Gasteiger partial charge on any atom is 0.224 e. The van der Waals surface area contributed by atoms with E-state index in [9.17, 15) is 13.2 Å². The predicted molar refractivity (Wildman–Crippen MR) is 87.7 cm³/mol. The first-order chi connectivity index (χ1) is 10.4. The second-order valence-corrected chi connectivity index (χ2v) is 7.38. The molecule has 0 aliphatic rings. The van der Waals surface area contributed by atoms with Crippen molar-refractivity contribution in [2.24, 2.45) is 0 Å². The van der Waals surface area contributed by atoms with Crippen LogP contribution in [0.15, 0.2) is 59.5 Å². The molecule has 4 nitrogen and oxygen atoms in total. The van der Waals surface area contributed by atoms with Crippen LogP contribution in [0.4, 0.5) is 5.69 Å². The highest BCUT2D eigenvalue weighted by atomic mass is 32.2. The molecule has 0 saturated carbocycles. The molecular formula is C17H19NO3S. The van der Waals surface area contributed by atoms with Crippen molar-refractivity contribution in [3.05, 3.63) is 60.2 Å². The first kappa shape index (κ1) is 16.2. The quantitative estimate of drug-likeness (QED) is 0.921. The maximum atomic E-state index is 12.1. The Morgan fingerprint density at radius 1 is 1.09 bits per heavy atom. The van der Waals surface area contributed by atoms with Crippen molar-refractivity contribution in [1.82, 2.24) is 0 Å². The molecule has 1 atom stereocenters. The number of carbonyl (C=O) groups excluding carboxylic acids is 1. The summed E-state index contributed by atoms with van der Waals surface area (Å²) in [7, 11) is -3.28. The average Bonchev–Trinajstić information content (AvgIpc) is 2.47. The monoisotopic (exact) mass is 317 g/mol. The van der Waals surface area contributed by atoms with Crippen LogP contribution in [0.2, 0.25) is 0 Å². The highest BCUT2D eigenvalue weighted by molar-refractivity contribution is 7.90. The van der Waals surface area contributed by atoms with E-state index >= 15 is 0 Å². The Labute approximate surface area is 131 Å². The molecule has 0 bridgehead atoms. The average molecular weight is 317 g/mol.